The van der Waals surface area contributed by atoms with Gasteiger partial charge in [-0.2, -0.15) is 0 Å². The van der Waals surface area contributed by atoms with Crippen LogP contribution in [0.25, 0.3) is 0 Å². The number of urea groups is 1. The summed E-state index contributed by atoms with van der Waals surface area (Å²) < 4.78 is 0. The highest BCUT2D eigenvalue weighted by atomic mass is 16.2. The largest absolute Gasteiger partial charge is 0.353 e. The molecule has 2 rings (SSSR count). The van der Waals surface area contributed by atoms with Crippen LogP contribution in [0.5, 0.6) is 0 Å². The molecule has 0 unspecified atom stereocenters. The zero-order valence-electron chi connectivity index (χ0n) is 15.5. The molecule has 1 fully saturated rings. The van der Waals surface area contributed by atoms with Crippen LogP contribution < -0.4 is 5.32 Å². The van der Waals surface area contributed by atoms with E-state index in [0.717, 1.165) is 6.42 Å². The number of likely N-dealkylation sites (N-methyl/N-ethyl adjacent to an activating group) is 1. The van der Waals surface area contributed by atoms with Crippen molar-refractivity contribution in [3.8, 4) is 0 Å². The molecular formula is C19H27N3O3. The predicted octanol–water partition coefficient (Wildman–Crippen LogP) is 2.02. The third kappa shape index (κ3) is 5.05. The van der Waals surface area contributed by atoms with Crippen LogP contribution in [0.4, 0.5) is 4.79 Å². The van der Waals surface area contributed by atoms with Crippen LogP contribution in [0.15, 0.2) is 18.2 Å². The average molecular weight is 345 g/mol. The highest BCUT2D eigenvalue weighted by Crippen LogP contribution is 2.13. The number of nitrogens with one attached hydrogen (secondary N) is 1. The van der Waals surface area contributed by atoms with Crippen LogP contribution in [-0.2, 0) is 16.0 Å². The van der Waals surface area contributed by atoms with Gasteiger partial charge in [-0.1, -0.05) is 23.8 Å². The lowest BCUT2D eigenvalue weighted by Gasteiger charge is -2.17. The fraction of sp³-hybridized carbons (Fsp3) is 0.526. The lowest BCUT2D eigenvalue weighted by Crippen LogP contribution is -2.36. The first-order valence-corrected chi connectivity index (χ1v) is 8.69. The molecule has 0 radical (unpaired) electrons. The molecule has 0 aromatic heterocycles. The van der Waals surface area contributed by atoms with Gasteiger partial charge in [0.25, 0.3) is 0 Å². The third-order valence-corrected chi connectivity index (χ3v) is 4.45. The molecule has 4 amide bonds. The van der Waals surface area contributed by atoms with Crippen LogP contribution in [0.1, 0.15) is 36.5 Å². The fourth-order valence-electron chi connectivity index (χ4n) is 3.09. The van der Waals surface area contributed by atoms with Crippen molar-refractivity contribution in [2.75, 3.05) is 20.1 Å². The van der Waals surface area contributed by atoms with E-state index < -0.39 is 0 Å². The van der Waals surface area contributed by atoms with E-state index in [0.29, 0.717) is 19.4 Å². The number of hydrogen-bond acceptors (Lipinski definition) is 3. The van der Waals surface area contributed by atoms with Gasteiger partial charge in [-0.15, -0.1) is 0 Å². The smallest absolute Gasteiger partial charge is 0.326 e. The molecule has 1 saturated heterocycles. The van der Waals surface area contributed by atoms with E-state index in [1.54, 1.807) is 7.05 Å². The molecule has 1 aromatic carbocycles. The molecule has 0 saturated carbocycles. The Morgan fingerprint density at radius 2 is 2.00 bits per heavy atom. The maximum absolute atomic E-state index is 12.1. The normalized spacial score (nSPS) is 15.7. The first kappa shape index (κ1) is 19.0. The van der Waals surface area contributed by atoms with Crippen LogP contribution in [0.2, 0.25) is 0 Å². The van der Waals surface area contributed by atoms with E-state index >= 15 is 0 Å². The van der Waals surface area contributed by atoms with Crippen molar-refractivity contribution in [2.24, 2.45) is 0 Å². The summed E-state index contributed by atoms with van der Waals surface area (Å²) in [4.78, 5) is 38.1. The van der Waals surface area contributed by atoms with Gasteiger partial charge < -0.3 is 10.2 Å². The Balaban J connectivity index is 1.74. The minimum Gasteiger partial charge on any atom is -0.353 e. The molecule has 1 aliphatic rings. The number of carbonyl (C=O) groups is 3. The third-order valence-electron chi connectivity index (χ3n) is 4.45. The topological polar surface area (TPSA) is 69.7 Å². The molecule has 1 aliphatic heterocycles. The van der Waals surface area contributed by atoms with Gasteiger partial charge in [0.15, 0.2) is 0 Å². The number of hydrogen-bond donors (Lipinski definition) is 1. The number of aryl methyl sites for hydroxylation is 2. The van der Waals surface area contributed by atoms with Gasteiger partial charge in [0, 0.05) is 26.1 Å². The number of benzene rings is 1. The van der Waals surface area contributed by atoms with Crippen molar-refractivity contribution in [1.82, 2.24) is 15.1 Å². The van der Waals surface area contributed by atoms with E-state index in [1.807, 2.05) is 6.92 Å². The lowest BCUT2D eigenvalue weighted by molar-refractivity contribution is -0.126. The molecule has 0 spiro atoms. The van der Waals surface area contributed by atoms with Crippen molar-refractivity contribution in [1.29, 1.82) is 0 Å². The van der Waals surface area contributed by atoms with Crippen LogP contribution >= 0.6 is 0 Å². The molecule has 0 bridgehead atoms. The summed E-state index contributed by atoms with van der Waals surface area (Å²) in [5, 5.41) is 2.99. The number of imide groups is 1. The van der Waals surface area contributed by atoms with Gasteiger partial charge in [-0.3, -0.25) is 14.5 Å². The number of rotatable bonds is 7. The van der Waals surface area contributed by atoms with Crippen molar-refractivity contribution in [2.45, 2.75) is 46.1 Å². The molecule has 1 aromatic rings. The second-order valence-corrected chi connectivity index (χ2v) is 6.89. The number of nitrogens with zero attached hydrogens (tertiary/aromatic N) is 2. The van der Waals surface area contributed by atoms with Gasteiger partial charge >= 0.3 is 6.03 Å². The Morgan fingerprint density at radius 1 is 1.28 bits per heavy atom. The summed E-state index contributed by atoms with van der Waals surface area (Å²) in [6.45, 7) is 6.55. The Labute approximate surface area is 149 Å². The minimum absolute atomic E-state index is 0.0371. The standard InChI is InChI=1S/C19H27N3O3/c1-13-7-8-16(14(2)10-13)11-15(3)20-17(23)6-5-9-22-18(24)12-21(4)19(22)25/h7-8,10,15H,5-6,9,11-12H2,1-4H3,(H,20,23)/t15-/m1/s1. The quantitative estimate of drug-likeness (QED) is 0.769. The number of amides is 4. The lowest BCUT2D eigenvalue weighted by atomic mass is 10.00. The maximum Gasteiger partial charge on any atom is 0.326 e. The van der Waals surface area contributed by atoms with E-state index in [1.165, 1.54) is 26.5 Å². The van der Waals surface area contributed by atoms with Gasteiger partial charge in [0.05, 0.1) is 0 Å². The summed E-state index contributed by atoms with van der Waals surface area (Å²) in [5.74, 6) is -0.249. The zero-order valence-corrected chi connectivity index (χ0v) is 15.5. The molecule has 0 aliphatic carbocycles. The Bertz CT molecular complexity index is 672. The SMILES string of the molecule is Cc1ccc(C[C@@H](C)NC(=O)CCCN2C(=O)CN(C)C2=O)c(C)c1. The molecule has 6 nitrogen and oxygen atoms in total. The van der Waals surface area contributed by atoms with Crippen molar-refractivity contribution in [3.63, 3.8) is 0 Å². The summed E-state index contributed by atoms with van der Waals surface area (Å²) in [6, 6.07) is 6.08. The van der Waals surface area contributed by atoms with Gasteiger partial charge in [0.1, 0.15) is 6.54 Å². The van der Waals surface area contributed by atoms with E-state index in [9.17, 15) is 14.4 Å². The monoisotopic (exact) mass is 345 g/mol. The molecule has 1 N–H and O–H groups in total. The summed E-state index contributed by atoms with van der Waals surface area (Å²) in [5.41, 5.74) is 3.69. The first-order valence-electron chi connectivity index (χ1n) is 8.69. The first-order chi connectivity index (χ1) is 11.8. The molecule has 25 heavy (non-hydrogen) atoms. The molecular weight excluding hydrogens is 318 g/mol. The zero-order chi connectivity index (χ0) is 18.6. The highest BCUT2D eigenvalue weighted by Gasteiger charge is 2.32. The predicted molar refractivity (Wildman–Crippen MR) is 96.2 cm³/mol. The summed E-state index contributed by atoms with van der Waals surface area (Å²) in [7, 11) is 1.60. The van der Waals surface area contributed by atoms with Gasteiger partial charge in [-0.25, -0.2) is 4.79 Å². The Kier molecular flexibility index (Phi) is 6.17. The van der Waals surface area contributed by atoms with Gasteiger partial charge in [-0.05, 0) is 44.7 Å². The van der Waals surface area contributed by atoms with E-state index in [2.05, 4.69) is 37.4 Å². The second kappa shape index (κ2) is 8.14. The number of carbonyl (C=O) groups excluding carboxylic acids is 3. The van der Waals surface area contributed by atoms with Crippen molar-refractivity contribution < 1.29 is 14.4 Å². The molecule has 1 atom stereocenters. The second-order valence-electron chi connectivity index (χ2n) is 6.89. The maximum atomic E-state index is 12.1. The van der Waals surface area contributed by atoms with Crippen LogP contribution in [-0.4, -0.2) is 53.8 Å². The Hall–Kier alpha value is -2.37. The van der Waals surface area contributed by atoms with E-state index in [4.69, 9.17) is 0 Å². The van der Waals surface area contributed by atoms with Gasteiger partial charge in [0.2, 0.25) is 11.8 Å². The van der Waals surface area contributed by atoms with E-state index in [-0.39, 0.29) is 30.4 Å². The summed E-state index contributed by atoms with van der Waals surface area (Å²) in [6.07, 6.45) is 1.57. The van der Waals surface area contributed by atoms with Crippen LogP contribution in [0, 0.1) is 13.8 Å². The summed E-state index contributed by atoms with van der Waals surface area (Å²) >= 11 is 0. The molecule has 1 heterocycles. The average Bonchev–Trinajstić information content (AvgIpc) is 2.76. The van der Waals surface area contributed by atoms with Crippen molar-refractivity contribution in [3.05, 3.63) is 34.9 Å². The van der Waals surface area contributed by atoms with Crippen molar-refractivity contribution >= 4 is 17.8 Å². The Morgan fingerprint density at radius 3 is 2.60 bits per heavy atom. The fourth-order valence-corrected chi connectivity index (χ4v) is 3.09. The molecule has 6 heteroatoms. The highest BCUT2D eigenvalue weighted by molar-refractivity contribution is 6.01. The minimum atomic E-state index is -0.284. The molecule has 136 valence electrons. The van der Waals surface area contributed by atoms with Crippen LogP contribution in [0.3, 0.4) is 0 Å².